The Bertz CT molecular complexity index is 1160. The number of nitrogens with one attached hydrogen (secondary N) is 2. The first-order valence-corrected chi connectivity index (χ1v) is 12.8. The molecule has 0 unspecified atom stereocenters. The minimum Gasteiger partial charge on any atom is -0.452 e. The Kier molecular flexibility index (Phi) is 7.08. The van der Waals surface area contributed by atoms with Crippen molar-refractivity contribution in [2.45, 2.75) is 23.9 Å². The summed E-state index contributed by atoms with van der Waals surface area (Å²) in [5.74, 6) is -1.61. The van der Waals surface area contributed by atoms with Crippen LogP contribution in [0.5, 0.6) is 0 Å². The van der Waals surface area contributed by atoms with Gasteiger partial charge in [-0.25, -0.2) is 26.4 Å². The van der Waals surface area contributed by atoms with Gasteiger partial charge in [0.15, 0.2) is 16.4 Å². The Morgan fingerprint density at radius 2 is 1.81 bits per heavy atom. The fraction of sp³-hybridized carbons (Fsp3) is 0.300. The highest BCUT2D eigenvalue weighted by molar-refractivity contribution is 7.91. The molecule has 2 aromatic carbocycles. The van der Waals surface area contributed by atoms with E-state index < -0.39 is 44.4 Å². The number of sulfone groups is 1. The van der Waals surface area contributed by atoms with Gasteiger partial charge in [-0.2, -0.15) is 0 Å². The molecule has 1 saturated heterocycles. The summed E-state index contributed by atoms with van der Waals surface area (Å²) in [5.41, 5.74) is 0.751. The third-order valence-corrected chi connectivity index (χ3v) is 7.79. The predicted molar refractivity (Wildman–Crippen MR) is 112 cm³/mol. The van der Waals surface area contributed by atoms with Crippen LogP contribution in [0.15, 0.2) is 59.5 Å². The predicted octanol–water partition coefficient (Wildman–Crippen LogP) is 0.625. The summed E-state index contributed by atoms with van der Waals surface area (Å²) in [6.45, 7) is -0.506. The third-order valence-electron chi connectivity index (χ3n) is 4.62. The molecule has 0 bridgehead atoms. The lowest BCUT2D eigenvalue weighted by Gasteiger charge is -2.11. The van der Waals surface area contributed by atoms with Crippen LogP contribution in [0.2, 0.25) is 0 Å². The van der Waals surface area contributed by atoms with Crippen LogP contribution >= 0.6 is 0 Å². The molecule has 1 fully saturated rings. The van der Waals surface area contributed by atoms with Gasteiger partial charge in [0.05, 0.1) is 22.0 Å². The quantitative estimate of drug-likeness (QED) is 0.545. The van der Waals surface area contributed by atoms with Crippen LogP contribution in [0.3, 0.4) is 0 Å². The molecule has 1 atom stereocenters. The van der Waals surface area contributed by atoms with Gasteiger partial charge in [0, 0.05) is 12.6 Å². The summed E-state index contributed by atoms with van der Waals surface area (Å²) in [5, 5.41) is 2.51. The summed E-state index contributed by atoms with van der Waals surface area (Å²) < 4.78 is 55.3. The lowest BCUT2D eigenvalue weighted by Crippen LogP contribution is -2.38. The Hall–Kier alpha value is -2.76. The highest BCUT2D eigenvalue weighted by Crippen LogP contribution is 2.14. The Morgan fingerprint density at radius 3 is 2.48 bits per heavy atom. The molecule has 11 heteroatoms. The highest BCUT2D eigenvalue weighted by Gasteiger charge is 2.29. The monoisotopic (exact) mass is 466 g/mol. The topological polar surface area (TPSA) is 136 Å². The number of amides is 1. The molecule has 3 rings (SSSR count). The van der Waals surface area contributed by atoms with E-state index in [-0.39, 0.29) is 28.5 Å². The van der Waals surface area contributed by atoms with Gasteiger partial charge in [0.1, 0.15) is 0 Å². The minimum atomic E-state index is -3.87. The van der Waals surface area contributed by atoms with E-state index in [9.17, 15) is 26.4 Å². The van der Waals surface area contributed by atoms with Crippen LogP contribution in [0.1, 0.15) is 22.3 Å². The molecule has 0 spiro atoms. The normalized spacial score (nSPS) is 17.7. The average molecular weight is 467 g/mol. The number of hydrogen-bond donors (Lipinski definition) is 2. The summed E-state index contributed by atoms with van der Waals surface area (Å²) >= 11 is 0. The number of carbonyl (C=O) groups is 2. The van der Waals surface area contributed by atoms with E-state index in [1.54, 1.807) is 24.3 Å². The zero-order valence-corrected chi connectivity index (χ0v) is 18.1. The fourth-order valence-electron chi connectivity index (χ4n) is 3.04. The van der Waals surface area contributed by atoms with E-state index in [1.807, 2.05) is 6.07 Å². The summed E-state index contributed by atoms with van der Waals surface area (Å²) in [7, 11) is -7.01. The molecule has 1 aliphatic heterocycles. The second kappa shape index (κ2) is 9.58. The number of hydrogen-bond acceptors (Lipinski definition) is 7. The van der Waals surface area contributed by atoms with Gasteiger partial charge in [-0.1, -0.05) is 36.4 Å². The Balaban J connectivity index is 1.56. The summed E-state index contributed by atoms with van der Waals surface area (Å²) in [6, 6.07) is 13.8. The molecule has 0 saturated carbocycles. The molecule has 0 aliphatic carbocycles. The van der Waals surface area contributed by atoms with Gasteiger partial charge >= 0.3 is 5.97 Å². The zero-order chi connectivity index (χ0) is 22.5. The van der Waals surface area contributed by atoms with Crippen molar-refractivity contribution >= 4 is 31.7 Å². The van der Waals surface area contributed by atoms with Crippen LogP contribution in [-0.2, 0) is 35.9 Å². The number of benzene rings is 2. The molecule has 0 aromatic heterocycles. The first kappa shape index (κ1) is 22.9. The minimum absolute atomic E-state index is 0.0112. The molecular formula is C20H22N2O7S2. The molecular weight excluding hydrogens is 444 g/mol. The number of sulfonamides is 1. The van der Waals surface area contributed by atoms with Gasteiger partial charge in [-0.15, -0.1) is 0 Å². The molecule has 2 N–H and O–H groups in total. The van der Waals surface area contributed by atoms with Crippen molar-refractivity contribution in [2.75, 3.05) is 18.1 Å². The average Bonchev–Trinajstić information content (AvgIpc) is 3.09. The standard InChI is InChI=1S/C20H22N2O7S2/c23-19(22-17-9-10-30(25,26)14-17)13-29-20(24)16-7-4-8-18(11-16)31(27,28)21-12-15-5-2-1-3-6-15/h1-8,11,17,21H,9-10,12-14H2,(H,22,23)/t17-/m0/s1. The molecule has 1 heterocycles. The molecule has 31 heavy (non-hydrogen) atoms. The van der Waals surface area contributed by atoms with E-state index in [0.717, 1.165) is 11.6 Å². The second-order valence-electron chi connectivity index (χ2n) is 7.08. The molecule has 166 valence electrons. The zero-order valence-electron chi connectivity index (χ0n) is 16.5. The third kappa shape index (κ3) is 6.61. The van der Waals surface area contributed by atoms with E-state index >= 15 is 0 Å². The number of esters is 1. The SMILES string of the molecule is O=C(COC(=O)c1cccc(S(=O)(=O)NCc2ccccc2)c1)N[C@H]1CCS(=O)(=O)C1. The molecule has 2 aromatic rings. The van der Waals surface area contributed by atoms with E-state index in [2.05, 4.69) is 10.0 Å². The largest absolute Gasteiger partial charge is 0.452 e. The van der Waals surface area contributed by atoms with Crippen molar-refractivity contribution in [3.8, 4) is 0 Å². The van der Waals surface area contributed by atoms with Gasteiger partial charge in [0.25, 0.3) is 5.91 Å². The van der Waals surface area contributed by atoms with Crippen molar-refractivity contribution < 1.29 is 31.2 Å². The van der Waals surface area contributed by atoms with Gasteiger partial charge < -0.3 is 10.1 Å². The maximum atomic E-state index is 12.5. The molecule has 1 aliphatic rings. The molecule has 0 radical (unpaired) electrons. The Labute approximate surface area is 180 Å². The van der Waals surface area contributed by atoms with Crippen molar-refractivity contribution in [1.82, 2.24) is 10.0 Å². The number of ether oxygens (including phenoxy) is 1. The molecule has 9 nitrogen and oxygen atoms in total. The second-order valence-corrected chi connectivity index (χ2v) is 11.1. The van der Waals surface area contributed by atoms with Crippen molar-refractivity contribution in [2.24, 2.45) is 0 Å². The van der Waals surface area contributed by atoms with Crippen LogP contribution in [0.4, 0.5) is 0 Å². The van der Waals surface area contributed by atoms with Crippen LogP contribution in [0, 0.1) is 0 Å². The van der Waals surface area contributed by atoms with Crippen LogP contribution in [-0.4, -0.2) is 52.9 Å². The van der Waals surface area contributed by atoms with Gasteiger partial charge in [0.2, 0.25) is 10.0 Å². The maximum absolute atomic E-state index is 12.5. The van der Waals surface area contributed by atoms with E-state index in [0.29, 0.717) is 6.42 Å². The van der Waals surface area contributed by atoms with Crippen molar-refractivity contribution in [3.05, 3.63) is 65.7 Å². The number of carbonyl (C=O) groups excluding carboxylic acids is 2. The van der Waals surface area contributed by atoms with Crippen molar-refractivity contribution in [1.29, 1.82) is 0 Å². The van der Waals surface area contributed by atoms with Gasteiger partial charge in [-0.05, 0) is 30.2 Å². The lowest BCUT2D eigenvalue weighted by molar-refractivity contribution is -0.124. The smallest absolute Gasteiger partial charge is 0.338 e. The molecule has 1 amide bonds. The van der Waals surface area contributed by atoms with Gasteiger partial charge in [-0.3, -0.25) is 4.79 Å². The fourth-order valence-corrected chi connectivity index (χ4v) is 5.78. The van der Waals surface area contributed by atoms with Crippen LogP contribution in [0.25, 0.3) is 0 Å². The maximum Gasteiger partial charge on any atom is 0.338 e. The van der Waals surface area contributed by atoms with Crippen LogP contribution < -0.4 is 10.0 Å². The first-order chi connectivity index (χ1) is 14.6. The lowest BCUT2D eigenvalue weighted by atomic mass is 10.2. The number of rotatable bonds is 8. The van der Waals surface area contributed by atoms with E-state index in [1.165, 1.54) is 18.2 Å². The Morgan fingerprint density at radius 1 is 1.06 bits per heavy atom. The highest BCUT2D eigenvalue weighted by atomic mass is 32.2. The summed E-state index contributed by atoms with van der Waals surface area (Å²) in [4.78, 5) is 24.0. The summed E-state index contributed by atoms with van der Waals surface area (Å²) in [6.07, 6.45) is 0.317. The first-order valence-electron chi connectivity index (χ1n) is 9.45. The van der Waals surface area contributed by atoms with E-state index in [4.69, 9.17) is 4.74 Å². The van der Waals surface area contributed by atoms with Crippen molar-refractivity contribution in [3.63, 3.8) is 0 Å².